The van der Waals surface area contributed by atoms with E-state index in [4.69, 9.17) is 16.3 Å². The maximum Gasteiger partial charge on any atom is 0.320 e. The molecule has 0 fully saturated rings. The minimum absolute atomic E-state index is 0.0463. The molecule has 0 aromatic heterocycles. The molecular formula is C8H14ClO2. The smallest absolute Gasteiger partial charge is 0.320 e. The van der Waals surface area contributed by atoms with Gasteiger partial charge in [-0.15, -0.1) is 11.6 Å². The second-order valence-electron chi connectivity index (χ2n) is 2.27. The third-order valence-corrected chi connectivity index (χ3v) is 1.48. The Morgan fingerprint density at radius 1 is 1.36 bits per heavy atom. The zero-order valence-electron chi connectivity index (χ0n) is 6.64. The van der Waals surface area contributed by atoms with Gasteiger partial charge in [0.2, 0.25) is 0 Å². The van der Waals surface area contributed by atoms with Gasteiger partial charge >= 0.3 is 5.97 Å². The Labute approximate surface area is 72.9 Å². The summed E-state index contributed by atoms with van der Waals surface area (Å²) in [5.41, 5.74) is 0. The first-order valence-corrected chi connectivity index (χ1v) is 4.35. The van der Waals surface area contributed by atoms with Crippen LogP contribution in [0.1, 0.15) is 25.7 Å². The predicted octanol–water partition coefficient (Wildman–Crippen LogP) is 2.16. The Hall–Kier alpha value is -0.240. The zero-order valence-corrected chi connectivity index (χ0v) is 7.40. The average Bonchev–Trinajstić information content (AvgIpc) is 2.04. The molecule has 3 heteroatoms. The number of carbonyl (C=O) groups excluding carboxylic acids is 1. The Morgan fingerprint density at radius 3 is 2.64 bits per heavy atom. The molecule has 2 nitrogen and oxygen atoms in total. The van der Waals surface area contributed by atoms with Crippen LogP contribution in [0.25, 0.3) is 0 Å². The van der Waals surface area contributed by atoms with Crippen LogP contribution in [0, 0.1) is 6.92 Å². The molecule has 11 heavy (non-hydrogen) atoms. The lowest BCUT2D eigenvalue weighted by molar-refractivity contribution is -0.140. The predicted molar refractivity (Wildman–Crippen MR) is 45.5 cm³/mol. The lowest BCUT2D eigenvalue weighted by atomic mass is 10.2. The van der Waals surface area contributed by atoms with Crippen molar-refractivity contribution in [3.8, 4) is 0 Å². The molecule has 0 unspecified atom stereocenters. The Bertz CT molecular complexity index is 104. The fraction of sp³-hybridized carbons (Fsp3) is 0.750. The Kier molecular flexibility index (Phi) is 7.69. The molecule has 0 atom stereocenters. The first-order chi connectivity index (χ1) is 5.31. The molecular weight excluding hydrogens is 164 g/mol. The van der Waals surface area contributed by atoms with Gasteiger partial charge in [0, 0.05) is 0 Å². The summed E-state index contributed by atoms with van der Waals surface area (Å²) in [7, 11) is 0. The number of carbonyl (C=O) groups is 1. The van der Waals surface area contributed by atoms with E-state index in [0.29, 0.717) is 6.61 Å². The highest BCUT2D eigenvalue weighted by Crippen LogP contribution is 1.98. The first-order valence-electron chi connectivity index (χ1n) is 3.82. The van der Waals surface area contributed by atoms with Crippen molar-refractivity contribution >= 4 is 17.6 Å². The molecule has 0 aromatic rings. The van der Waals surface area contributed by atoms with Gasteiger partial charge < -0.3 is 4.74 Å². The van der Waals surface area contributed by atoms with Crippen molar-refractivity contribution in [3.05, 3.63) is 6.92 Å². The summed E-state index contributed by atoms with van der Waals surface area (Å²) in [6, 6.07) is 0. The molecule has 0 bridgehead atoms. The van der Waals surface area contributed by atoms with Gasteiger partial charge in [0.05, 0.1) is 6.61 Å². The minimum Gasteiger partial charge on any atom is -0.465 e. The topological polar surface area (TPSA) is 26.3 Å². The zero-order chi connectivity index (χ0) is 8.53. The highest BCUT2D eigenvalue weighted by atomic mass is 35.5. The summed E-state index contributed by atoms with van der Waals surface area (Å²) in [5.74, 6) is -0.378. The summed E-state index contributed by atoms with van der Waals surface area (Å²) in [4.78, 5) is 10.5. The van der Waals surface area contributed by atoms with Gasteiger partial charge in [-0.3, -0.25) is 4.79 Å². The highest BCUT2D eigenvalue weighted by Gasteiger charge is 1.97. The van der Waals surface area contributed by atoms with E-state index in [1.807, 2.05) is 0 Å². The van der Waals surface area contributed by atoms with Gasteiger partial charge in [0.15, 0.2) is 0 Å². The highest BCUT2D eigenvalue weighted by molar-refractivity contribution is 6.26. The number of alkyl halides is 1. The largest absolute Gasteiger partial charge is 0.465 e. The first kappa shape index (κ1) is 10.8. The molecule has 0 heterocycles. The second-order valence-corrected chi connectivity index (χ2v) is 2.54. The molecule has 65 valence electrons. The Morgan fingerprint density at radius 2 is 2.09 bits per heavy atom. The maximum absolute atomic E-state index is 10.5. The van der Waals surface area contributed by atoms with E-state index in [1.165, 1.54) is 0 Å². The van der Waals surface area contributed by atoms with E-state index >= 15 is 0 Å². The third kappa shape index (κ3) is 7.66. The van der Waals surface area contributed by atoms with Gasteiger partial charge in [-0.25, -0.2) is 0 Å². The molecule has 0 aliphatic carbocycles. The number of rotatable bonds is 6. The maximum atomic E-state index is 10.5. The summed E-state index contributed by atoms with van der Waals surface area (Å²) in [6.07, 6.45) is 4.03. The van der Waals surface area contributed by atoms with Crippen LogP contribution in [-0.4, -0.2) is 18.5 Å². The standard InChI is InChI=1S/C8H14ClO2/c1-2-3-4-5-6-11-8(10)7-9/h1-7H2. The van der Waals surface area contributed by atoms with Crippen LogP contribution in [-0.2, 0) is 9.53 Å². The number of esters is 1. The summed E-state index contributed by atoms with van der Waals surface area (Å²) in [6.45, 7) is 4.20. The Balaban J connectivity index is 2.95. The summed E-state index contributed by atoms with van der Waals surface area (Å²) in [5, 5.41) is 0. The second kappa shape index (κ2) is 7.86. The van der Waals surface area contributed by atoms with E-state index in [1.54, 1.807) is 0 Å². The number of halogens is 1. The van der Waals surface area contributed by atoms with Crippen molar-refractivity contribution in [1.29, 1.82) is 0 Å². The van der Waals surface area contributed by atoms with Gasteiger partial charge in [-0.2, -0.15) is 0 Å². The minimum atomic E-state index is -0.332. The molecule has 0 N–H and O–H groups in total. The van der Waals surface area contributed by atoms with Crippen molar-refractivity contribution in [2.75, 3.05) is 12.5 Å². The van der Waals surface area contributed by atoms with Gasteiger partial charge in [0.25, 0.3) is 0 Å². The van der Waals surface area contributed by atoms with Crippen molar-refractivity contribution in [2.45, 2.75) is 25.7 Å². The SMILES string of the molecule is [CH2]CCCCCOC(=O)CCl. The molecule has 0 aromatic carbocycles. The fourth-order valence-corrected chi connectivity index (χ4v) is 0.757. The van der Waals surface area contributed by atoms with E-state index in [-0.39, 0.29) is 11.8 Å². The fourth-order valence-electron chi connectivity index (χ4n) is 0.680. The molecule has 0 spiro atoms. The van der Waals surface area contributed by atoms with Crippen molar-refractivity contribution in [1.82, 2.24) is 0 Å². The van der Waals surface area contributed by atoms with Gasteiger partial charge in [-0.05, 0) is 6.42 Å². The van der Waals surface area contributed by atoms with E-state index in [2.05, 4.69) is 6.92 Å². The molecule has 0 aliphatic rings. The lowest BCUT2D eigenvalue weighted by Crippen LogP contribution is -2.06. The lowest BCUT2D eigenvalue weighted by Gasteiger charge is -2.00. The summed E-state index contributed by atoms with van der Waals surface area (Å²) < 4.78 is 4.75. The van der Waals surface area contributed by atoms with Gasteiger partial charge in [0.1, 0.15) is 5.88 Å². The molecule has 0 rings (SSSR count). The number of unbranched alkanes of at least 4 members (excludes halogenated alkanes) is 3. The van der Waals surface area contributed by atoms with Crippen LogP contribution in [0.3, 0.4) is 0 Å². The monoisotopic (exact) mass is 177 g/mol. The third-order valence-electron chi connectivity index (χ3n) is 1.27. The van der Waals surface area contributed by atoms with Crippen molar-refractivity contribution in [3.63, 3.8) is 0 Å². The molecule has 1 radical (unpaired) electrons. The molecule has 0 aliphatic heterocycles. The van der Waals surface area contributed by atoms with E-state index in [0.717, 1.165) is 25.7 Å². The normalized spacial score (nSPS) is 9.64. The summed E-state index contributed by atoms with van der Waals surface area (Å²) >= 11 is 5.21. The molecule has 0 amide bonds. The van der Waals surface area contributed by atoms with Crippen LogP contribution in [0.5, 0.6) is 0 Å². The van der Waals surface area contributed by atoms with E-state index < -0.39 is 0 Å². The van der Waals surface area contributed by atoms with E-state index in [9.17, 15) is 4.79 Å². The number of ether oxygens (including phenoxy) is 1. The van der Waals surface area contributed by atoms with Crippen LogP contribution in [0.2, 0.25) is 0 Å². The molecule has 0 saturated heterocycles. The van der Waals surface area contributed by atoms with Crippen LogP contribution in [0.4, 0.5) is 0 Å². The van der Waals surface area contributed by atoms with Crippen LogP contribution in [0.15, 0.2) is 0 Å². The van der Waals surface area contributed by atoms with Gasteiger partial charge in [-0.1, -0.05) is 26.2 Å². The van der Waals surface area contributed by atoms with Crippen LogP contribution >= 0.6 is 11.6 Å². The number of hydrogen-bond acceptors (Lipinski definition) is 2. The van der Waals surface area contributed by atoms with Crippen LogP contribution < -0.4 is 0 Å². The van der Waals surface area contributed by atoms with Crippen molar-refractivity contribution < 1.29 is 9.53 Å². The quantitative estimate of drug-likeness (QED) is 0.353. The number of hydrogen-bond donors (Lipinski definition) is 0. The molecule has 0 saturated carbocycles. The average molecular weight is 178 g/mol. The van der Waals surface area contributed by atoms with Crippen molar-refractivity contribution in [2.24, 2.45) is 0 Å².